The number of H-pyrrole nitrogens is 1. The van der Waals surface area contributed by atoms with Crippen molar-refractivity contribution in [2.75, 3.05) is 5.73 Å². The zero-order valence-corrected chi connectivity index (χ0v) is 15.3. The summed E-state index contributed by atoms with van der Waals surface area (Å²) in [5.74, 6) is 0.622. The smallest absolute Gasteiger partial charge is 0.306 e. The molecule has 0 spiro atoms. The third-order valence-corrected chi connectivity index (χ3v) is 5.79. The summed E-state index contributed by atoms with van der Waals surface area (Å²) in [5, 5.41) is 9.52. The van der Waals surface area contributed by atoms with Gasteiger partial charge in [0.05, 0.1) is 30.2 Å². The van der Waals surface area contributed by atoms with Gasteiger partial charge in [0.2, 0.25) is 0 Å². The second-order valence-electron chi connectivity index (χ2n) is 7.54. The molecule has 6 rings (SSSR count). The van der Waals surface area contributed by atoms with Gasteiger partial charge in [0.25, 0.3) is 0 Å². The van der Waals surface area contributed by atoms with Gasteiger partial charge in [0.15, 0.2) is 0 Å². The fourth-order valence-corrected chi connectivity index (χ4v) is 4.38. The van der Waals surface area contributed by atoms with Gasteiger partial charge in [-0.15, -0.1) is 0 Å². The highest BCUT2D eigenvalue weighted by atomic mass is 19.1. The van der Waals surface area contributed by atoms with E-state index in [0.29, 0.717) is 28.5 Å². The van der Waals surface area contributed by atoms with Crippen molar-refractivity contribution in [3.63, 3.8) is 0 Å². The first-order valence-corrected chi connectivity index (χ1v) is 9.44. The van der Waals surface area contributed by atoms with Crippen molar-refractivity contribution in [2.24, 2.45) is 17.8 Å². The predicted octanol–water partition coefficient (Wildman–Crippen LogP) is 3.64. The number of fused-ring (bicyclic) bond motifs is 4. The summed E-state index contributed by atoms with van der Waals surface area (Å²) in [6.07, 6.45) is 11.8. The molecule has 146 valence electrons. The van der Waals surface area contributed by atoms with Gasteiger partial charge < -0.3 is 15.8 Å². The Labute approximate surface area is 161 Å². The number of pyridine rings is 1. The highest BCUT2D eigenvalue weighted by Crippen LogP contribution is 2.44. The fraction of sp³-hybridized carbons (Fsp3) is 0.400. The Hall–Kier alpha value is -3.03. The van der Waals surface area contributed by atoms with Crippen LogP contribution >= 0.6 is 0 Å². The summed E-state index contributed by atoms with van der Waals surface area (Å²) in [6.45, 7) is 0. The largest absolute Gasteiger partial charge is 0.481 e. The standard InChI is InChI=1S/C11H8FN5.C9H14O2/c12-6-1-7-8(3-16-11(7)15-2-6)9-4-14-5-10(13)17-9;10-9(11)8-5-6-1-3-7(8)4-2-6/h1-5H,(H2,13,17)(H,15,16);6-8H,1-5H2,(H,10,11). The van der Waals surface area contributed by atoms with Gasteiger partial charge in [-0.1, -0.05) is 12.8 Å². The second-order valence-corrected chi connectivity index (χ2v) is 7.54. The van der Waals surface area contributed by atoms with Gasteiger partial charge in [0, 0.05) is 17.1 Å². The first kappa shape index (κ1) is 18.3. The molecule has 3 aliphatic carbocycles. The molecule has 1 atom stereocenters. The summed E-state index contributed by atoms with van der Waals surface area (Å²) in [4.78, 5) is 25.7. The Balaban J connectivity index is 0.000000151. The highest BCUT2D eigenvalue weighted by molar-refractivity contribution is 5.92. The van der Waals surface area contributed by atoms with Gasteiger partial charge in [-0.05, 0) is 37.2 Å². The summed E-state index contributed by atoms with van der Waals surface area (Å²) >= 11 is 0. The fourth-order valence-electron chi connectivity index (χ4n) is 4.38. The van der Waals surface area contributed by atoms with Crippen molar-refractivity contribution in [2.45, 2.75) is 32.1 Å². The molecule has 3 saturated carbocycles. The number of nitrogens with two attached hydrogens (primary N) is 1. The number of halogens is 1. The Morgan fingerprint density at radius 3 is 2.61 bits per heavy atom. The van der Waals surface area contributed by atoms with Crippen LogP contribution in [0.1, 0.15) is 32.1 Å². The zero-order chi connectivity index (χ0) is 19.7. The van der Waals surface area contributed by atoms with Crippen LogP contribution in [0.4, 0.5) is 10.2 Å². The predicted molar refractivity (Wildman–Crippen MR) is 103 cm³/mol. The Bertz CT molecular complexity index is 997. The lowest BCUT2D eigenvalue weighted by Crippen LogP contribution is -2.35. The quantitative estimate of drug-likeness (QED) is 0.622. The summed E-state index contributed by atoms with van der Waals surface area (Å²) in [5.41, 5.74) is 7.48. The number of hydrogen-bond donors (Lipinski definition) is 3. The minimum atomic E-state index is -0.556. The van der Waals surface area contributed by atoms with Crippen molar-refractivity contribution in [3.05, 3.63) is 36.7 Å². The molecule has 4 N–H and O–H groups in total. The van der Waals surface area contributed by atoms with Crippen molar-refractivity contribution in [3.8, 4) is 11.3 Å². The van der Waals surface area contributed by atoms with Gasteiger partial charge in [-0.25, -0.2) is 14.4 Å². The molecule has 0 radical (unpaired) electrons. The molecule has 2 bridgehead atoms. The molecule has 3 heterocycles. The van der Waals surface area contributed by atoms with E-state index in [1.165, 1.54) is 37.9 Å². The number of aromatic amines is 1. The number of anilines is 1. The van der Waals surface area contributed by atoms with E-state index in [4.69, 9.17) is 10.8 Å². The monoisotopic (exact) mass is 383 g/mol. The Kier molecular flexibility index (Phi) is 4.93. The lowest BCUT2D eigenvalue weighted by Gasteiger charge is -2.40. The molecule has 0 aromatic carbocycles. The van der Waals surface area contributed by atoms with E-state index < -0.39 is 11.8 Å². The Morgan fingerprint density at radius 1 is 1.21 bits per heavy atom. The molecule has 0 saturated heterocycles. The number of nitrogen functional groups attached to an aromatic ring is 1. The van der Waals surface area contributed by atoms with E-state index in [1.807, 2.05) is 0 Å². The van der Waals surface area contributed by atoms with Crippen LogP contribution in [0.2, 0.25) is 0 Å². The van der Waals surface area contributed by atoms with E-state index >= 15 is 0 Å². The van der Waals surface area contributed by atoms with Crippen LogP contribution in [-0.4, -0.2) is 31.0 Å². The van der Waals surface area contributed by atoms with Crippen LogP contribution in [0.3, 0.4) is 0 Å². The Morgan fingerprint density at radius 2 is 2.00 bits per heavy atom. The van der Waals surface area contributed by atoms with Crippen LogP contribution in [0.25, 0.3) is 22.3 Å². The molecule has 1 unspecified atom stereocenters. The second kappa shape index (κ2) is 7.53. The minimum Gasteiger partial charge on any atom is -0.481 e. The van der Waals surface area contributed by atoms with Gasteiger partial charge >= 0.3 is 5.97 Å². The molecule has 0 aliphatic heterocycles. The van der Waals surface area contributed by atoms with Crippen molar-refractivity contribution in [1.82, 2.24) is 19.9 Å². The van der Waals surface area contributed by atoms with Crippen molar-refractivity contribution in [1.29, 1.82) is 0 Å². The number of hydrogen-bond acceptors (Lipinski definition) is 5. The highest BCUT2D eigenvalue weighted by Gasteiger charge is 2.39. The molecule has 28 heavy (non-hydrogen) atoms. The molecule has 8 heteroatoms. The molecule has 3 aromatic rings. The van der Waals surface area contributed by atoms with Crippen molar-refractivity contribution < 1.29 is 14.3 Å². The number of aromatic nitrogens is 4. The number of carbonyl (C=O) groups is 1. The zero-order valence-electron chi connectivity index (χ0n) is 15.3. The third-order valence-electron chi connectivity index (χ3n) is 5.79. The van der Waals surface area contributed by atoms with Crippen LogP contribution in [0.15, 0.2) is 30.9 Å². The maximum absolute atomic E-state index is 13.2. The van der Waals surface area contributed by atoms with E-state index in [-0.39, 0.29) is 5.92 Å². The van der Waals surface area contributed by atoms with E-state index in [2.05, 4.69) is 19.9 Å². The number of rotatable bonds is 2. The minimum absolute atomic E-state index is 0.00231. The van der Waals surface area contributed by atoms with Gasteiger partial charge in [-0.2, -0.15) is 0 Å². The lowest BCUT2D eigenvalue weighted by molar-refractivity contribution is -0.147. The van der Waals surface area contributed by atoms with Gasteiger partial charge in [0.1, 0.15) is 17.3 Å². The molecule has 0 amide bonds. The molecule has 7 nitrogen and oxygen atoms in total. The van der Waals surface area contributed by atoms with Crippen LogP contribution in [0.5, 0.6) is 0 Å². The normalized spacial score (nSPS) is 23.2. The topological polar surface area (TPSA) is 118 Å². The first-order chi connectivity index (χ1) is 13.5. The third kappa shape index (κ3) is 3.67. The summed E-state index contributed by atoms with van der Waals surface area (Å²) in [6, 6.07) is 1.40. The van der Waals surface area contributed by atoms with E-state index in [1.54, 1.807) is 12.4 Å². The maximum Gasteiger partial charge on any atom is 0.306 e. The molecular weight excluding hydrogens is 361 g/mol. The van der Waals surface area contributed by atoms with Crippen LogP contribution in [-0.2, 0) is 4.79 Å². The van der Waals surface area contributed by atoms with E-state index in [0.717, 1.165) is 24.1 Å². The number of nitrogens with zero attached hydrogens (tertiary/aromatic N) is 3. The molecular formula is C20H22FN5O2. The van der Waals surface area contributed by atoms with Crippen LogP contribution < -0.4 is 5.73 Å². The maximum atomic E-state index is 13.2. The van der Waals surface area contributed by atoms with Crippen molar-refractivity contribution >= 4 is 22.8 Å². The van der Waals surface area contributed by atoms with Crippen LogP contribution in [0, 0.1) is 23.6 Å². The average molecular weight is 383 g/mol. The molecule has 3 aromatic heterocycles. The summed E-state index contributed by atoms with van der Waals surface area (Å²) in [7, 11) is 0. The molecule has 3 fully saturated rings. The van der Waals surface area contributed by atoms with E-state index in [9.17, 15) is 9.18 Å². The number of carboxylic acid groups (broad SMARTS) is 1. The number of aliphatic carboxylic acids is 1. The number of nitrogens with one attached hydrogen (secondary N) is 1. The average Bonchev–Trinajstić information content (AvgIpc) is 3.12. The van der Waals surface area contributed by atoms with Gasteiger partial charge in [-0.3, -0.25) is 9.78 Å². The molecule has 3 aliphatic rings. The lowest BCUT2D eigenvalue weighted by atomic mass is 9.65. The summed E-state index contributed by atoms with van der Waals surface area (Å²) < 4.78 is 13.2. The SMILES string of the molecule is Nc1cncc(-c2c[nH]c3ncc(F)cc23)n1.O=C(O)C1CC2CCC1CC2. The first-order valence-electron chi connectivity index (χ1n) is 9.44. The number of carboxylic acids is 1.